The van der Waals surface area contributed by atoms with E-state index in [0.29, 0.717) is 17.4 Å². The summed E-state index contributed by atoms with van der Waals surface area (Å²) in [6, 6.07) is 12.2. The number of likely N-dealkylation sites (tertiary alicyclic amines) is 1. The zero-order valence-electron chi connectivity index (χ0n) is 15.4. The number of nitrogens with one attached hydrogen (secondary N) is 1. The predicted octanol–water partition coefficient (Wildman–Crippen LogP) is 4.45. The maximum atomic E-state index is 13.4. The monoisotopic (exact) mass is 407 g/mol. The minimum absolute atomic E-state index is 0.0608. The van der Waals surface area contributed by atoms with Crippen molar-refractivity contribution in [3.63, 3.8) is 0 Å². The van der Waals surface area contributed by atoms with Crippen LogP contribution < -0.4 is 0 Å². The molecule has 1 aliphatic heterocycles. The highest BCUT2D eigenvalue weighted by molar-refractivity contribution is 7.18. The van der Waals surface area contributed by atoms with Crippen LogP contribution in [0.4, 0.5) is 5.69 Å². The highest BCUT2D eigenvalue weighted by Crippen LogP contribution is 2.37. The molecular weight excluding hydrogens is 390 g/mol. The lowest BCUT2D eigenvalue weighted by Crippen LogP contribution is -2.38. The molecule has 0 saturated carbocycles. The van der Waals surface area contributed by atoms with Crippen LogP contribution in [0.2, 0.25) is 0 Å². The summed E-state index contributed by atoms with van der Waals surface area (Å²) in [4.78, 5) is 30.7. The van der Waals surface area contributed by atoms with Crippen LogP contribution in [0.1, 0.15) is 40.8 Å². The van der Waals surface area contributed by atoms with Crippen molar-refractivity contribution in [3.8, 4) is 0 Å². The Morgan fingerprint density at radius 2 is 2.10 bits per heavy atom. The fourth-order valence-electron chi connectivity index (χ4n) is 3.88. The van der Waals surface area contributed by atoms with E-state index in [4.69, 9.17) is 4.98 Å². The number of hydrogen-bond donors (Lipinski definition) is 1. The molecule has 0 radical (unpaired) electrons. The Morgan fingerprint density at radius 3 is 2.93 bits per heavy atom. The first-order valence-electron chi connectivity index (χ1n) is 9.41. The minimum atomic E-state index is -0.467. The third-order valence-electron chi connectivity index (χ3n) is 5.32. The number of para-hydroxylation sites is 1. The first kappa shape index (κ1) is 17.7. The molecule has 1 N–H and O–H groups in total. The number of benzene rings is 2. The molecule has 1 fully saturated rings. The molecular formula is C20H17N5O3S. The lowest BCUT2D eigenvalue weighted by Gasteiger charge is -2.34. The summed E-state index contributed by atoms with van der Waals surface area (Å²) in [6.07, 6.45) is 2.78. The quantitative estimate of drug-likeness (QED) is 0.399. The summed E-state index contributed by atoms with van der Waals surface area (Å²) in [6.45, 7) is 0.614. The third-order valence-corrected chi connectivity index (χ3v) is 6.46. The third kappa shape index (κ3) is 3.03. The van der Waals surface area contributed by atoms with Gasteiger partial charge in [-0.3, -0.25) is 20.0 Å². The molecule has 1 aliphatic rings. The zero-order chi connectivity index (χ0) is 20.0. The van der Waals surface area contributed by atoms with Gasteiger partial charge in [-0.05, 0) is 37.5 Å². The van der Waals surface area contributed by atoms with E-state index < -0.39 is 4.92 Å². The van der Waals surface area contributed by atoms with E-state index in [0.717, 1.165) is 34.5 Å². The van der Waals surface area contributed by atoms with E-state index >= 15 is 0 Å². The van der Waals surface area contributed by atoms with Crippen molar-refractivity contribution in [1.82, 2.24) is 20.1 Å². The standard InChI is InChI=1S/C20H17N5O3S/c26-20(18-13-11-12(25(27)28)8-9-14(13)22-23-18)24-10-4-3-6-16(24)19-21-15-5-1-2-7-17(15)29-19/h1-2,5,7-9,11,16H,3-4,6,10H2,(H,22,23)/t16-/m1/s1. The van der Waals surface area contributed by atoms with Crippen molar-refractivity contribution in [3.05, 3.63) is 63.3 Å². The van der Waals surface area contributed by atoms with Gasteiger partial charge in [0, 0.05) is 24.1 Å². The summed E-state index contributed by atoms with van der Waals surface area (Å²) in [7, 11) is 0. The number of nitro groups is 1. The number of H-pyrrole nitrogens is 1. The van der Waals surface area contributed by atoms with E-state index in [1.165, 1.54) is 12.1 Å². The molecule has 29 heavy (non-hydrogen) atoms. The molecule has 9 heteroatoms. The maximum absolute atomic E-state index is 13.4. The van der Waals surface area contributed by atoms with Crippen LogP contribution in [-0.4, -0.2) is 37.5 Å². The van der Waals surface area contributed by atoms with Gasteiger partial charge in [0.15, 0.2) is 5.69 Å². The molecule has 0 spiro atoms. The molecule has 0 unspecified atom stereocenters. The average Bonchev–Trinajstić information content (AvgIpc) is 3.36. The molecule has 4 aromatic rings. The van der Waals surface area contributed by atoms with Crippen LogP contribution in [0.3, 0.4) is 0 Å². The van der Waals surface area contributed by atoms with Crippen LogP contribution >= 0.6 is 11.3 Å². The highest BCUT2D eigenvalue weighted by Gasteiger charge is 2.33. The van der Waals surface area contributed by atoms with E-state index in [1.54, 1.807) is 17.4 Å². The fraction of sp³-hybridized carbons (Fsp3) is 0.250. The maximum Gasteiger partial charge on any atom is 0.275 e. The molecule has 5 rings (SSSR count). The number of fused-ring (bicyclic) bond motifs is 2. The second kappa shape index (κ2) is 6.93. The number of thiazole rings is 1. The van der Waals surface area contributed by atoms with Gasteiger partial charge in [-0.1, -0.05) is 12.1 Å². The Bertz CT molecular complexity index is 1210. The Morgan fingerprint density at radius 1 is 1.24 bits per heavy atom. The lowest BCUT2D eigenvalue weighted by molar-refractivity contribution is -0.384. The fourth-order valence-corrected chi connectivity index (χ4v) is 4.99. The van der Waals surface area contributed by atoms with Gasteiger partial charge in [-0.25, -0.2) is 4.98 Å². The molecule has 8 nitrogen and oxygen atoms in total. The van der Waals surface area contributed by atoms with Gasteiger partial charge in [-0.15, -0.1) is 11.3 Å². The number of aromatic amines is 1. The van der Waals surface area contributed by atoms with Crippen LogP contribution in [0.25, 0.3) is 21.1 Å². The normalized spacial score (nSPS) is 17.1. The predicted molar refractivity (Wildman–Crippen MR) is 110 cm³/mol. The second-order valence-electron chi connectivity index (χ2n) is 7.09. The number of non-ortho nitro benzene ring substituents is 1. The lowest BCUT2D eigenvalue weighted by atomic mass is 10.0. The van der Waals surface area contributed by atoms with Crippen LogP contribution in [0, 0.1) is 10.1 Å². The number of aromatic nitrogens is 3. The van der Waals surface area contributed by atoms with Crippen LogP contribution in [0.5, 0.6) is 0 Å². The molecule has 146 valence electrons. The van der Waals surface area contributed by atoms with E-state index in [9.17, 15) is 14.9 Å². The summed E-state index contributed by atoms with van der Waals surface area (Å²) in [5.74, 6) is -0.222. The van der Waals surface area contributed by atoms with Gasteiger partial charge < -0.3 is 4.90 Å². The molecule has 0 aliphatic carbocycles. The molecule has 3 heterocycles. The van der Waals surface area contributed by atoms with Gasteiger partial charge >= 0.3 is 0 Å². The van der Waals surface area contributed by atoms with E-state index in [1.807, 2.05) is 29.2 Å². The number of nitro benzene ring substituents is 1. The molecule has 2 aromatic heterocycles. The zero-order valence-corrected chi connectivity index (χ0v) is 16.2. The number of carbonyl (C=O) groups excluding carboxylic acids is 1. The summed E-state index contributed by atoms with van der Waals surface area (Å²) >= 11 is 1.61. The van der Waals surface area contributed by atoms with Crippen molar-refractivity contribution in [2.45, 2.75) is 25.3 Å². The van der Waals surface area contributed by atoms with Crippen molar-refractivity contribution in [2.75, 3.05) is 6.54 Å². The van der Waals surface area contributed by atoms with E-state index in [2.05, 4.69) is 10.2 Å². The Balaban J connectivity index is 1.54. The summed E-state index contributed by atoms with van der Waals surface area (Å²) < 4.78 is 1.10. The van der Waals surface area contributed by atoms with Crippen LogP contribution in [-0.2, 0) is 0 Å². The molecule has 0 bridgehead atoms. The number of amides is 1. The van der Waals surface area contributed by atoms with Gasteiger partial charge in [-0.2, -0.15) is 5.10 Å². The summed E-state index contributed by atoms with van der Waals surface area (Å²) in [5, 5.41) is 19.5. The Labute approximate surface area is 169 Å². The largest absolute Gasteiger partial charge is 0.328 e. The molecule has 2 aromatic carbocycles. The number of rotatable bonds is 3. The van der Waals surface area contributed by atoms with Gasteiger partial charge in [0.05, 0.1) is 26.7 Å². The SMILES string of the molecule is O=C(c1n[nH]c2ccc([N+](=O)[O-])cc12)N1CCCC[C@@H]1c1nc2ccccc2s1. The molecule has 1 amide bonds. The number of piperidine rings is 1. The van der Waals surface area contributed by atoms with Gasteiger partial charge in [0.1, 0.15) is 5.01 Å². The average molecular weight is 407 g/mol. The van der Waals surface area contributed by atoms with Gasteiger partial charge in [0.25, 0.3) is 11.6 Å². The minimum Gasteiger partial charge on any atom is -0.328 e. The molecule has 1 saturated heterocycles. The van der Waals surface area contributed by atoms with Crippen molar-refractivity contribution in [2.24, 2.45) is 0 Å². The number of hydrogen-bond acceptors (Lipinski definition) is 6. The number of nitrogens with zero attached hydrogens (tertiary/aromatic N) is 4. The Hall–Kier alpha value is -3.33. The Kier molecular flexibility index (Phi) is 4.24. The van der Waals surface area contributed by atoms with E-state index in [-0.39, 0.29) is 23.3 Å². The topological polar surface area (TPSA) is 105 Å². The number of carbonyl (C=O) groups is 1. The second-order valence-corrected chi connectivity index (χ2v) is 8.15. The first-order chi connectivity index (χ1) is 14.1. The van der Waals surface area contributed by atoms with Crippen molar-refractivity contribution >= 4 is 44.1 Å². The highest BCUT2D eigenvalue weighted by atomic mass is 32.1. The molecule has 1 atom stereocenters. The van der Waals surface area contributed by atoms with Crippen molar-refractivity contribution < 1.29 is 9.72 Å². The van der Waals surface area contributed by atoms with Gasteiger partial charge in [0.2, 0.25) is 0 Å². The van der Waals surface area contributed by atoms with Crippen molar-refractivity contribution in [1.29, 1.82) is 0 Å². The first-order valence-corrected chi connectivity index (χ1v) is 10.2. The van der Waals surface area contributed by atoms with Crippen LogP contribution in [0.15, 0.2) is 42.5 Å². The smallest absolute Gasteiger partial charge is 0.275 e. The summed E-state index contributed by atoms with van der Waals surface area (Å²) in [5.41, 5.74) is 1.70.